The highest BCUT2D eigenvalue weighted by Gasteiger charge is 2.11. The fourth-order valence-corrected chi connectivity index (χ4v) is 4.01. The molecular weight excluding hydrogens is 302 g/mol. The number of carbonyl (C=O) groups is 1. The summed E-state index contributed by atoms with van der Waals surface area (Å²) in [5.41, 5.74) is 8.13. The molecule has 2 rings (SSSR count). The van der Waals surface area contributed by atoms with Crippen LogP contribution in [0.4, 0.5) is 5.69 Å². The minimum absolute atomic E-state index is 0.0458. The van der Waals surface area contributed by atoms with E-state index < -0.39 is 0 Å². The van der Waals surface area contributed by atoms with Gasteiger partial charge in [-0.3, -0.25) is 4.79 Å². The lowest BCUT2D eigenvalue weighted by Crippen LogP contribution is -2.16. The molecule has 23 heavy (non-hydrogen) atoms. The van der Waals surface area contributed by atoms with E-state index in [1.54, 1.807) is 11.8 Å². The summed E-state index contributed by atoms with van der Waals surface area (Å²) >= 11 is 1.61. The Kier molecular flexibility index (Phi) is 5.53. The van der Waals surface area contributed by atoms with E-state index in [0.717, 1.165) is 16.8 Å². The molecule has 0 fully saturated rings. The molecule has 0 radical (unpaired) electrons. The average Bonchev–Trinajstić information content (AvgIpc) is 2.41. The molecule has 0 aliphatic rings. The first-order chi connectivity index (χ1) is 10.8. The van der Waals surface area contributed by atoms with Crippen LogP contribution in [0, 0.1) is 41.5 Å². The number of hydrogen-bond acceptors (Lipinski definition) is 2. The number of rotatable bonds is 4. The van der Waals surface area contributed by atoms with E-state index in [9.17, 15) is 4.79 Å². The average molecular weight is 327 g/mol. The maximum absolute atomic E-state index is 12.3. The predicted octanol–water partition coefficient (Wildman–Crippen LogP) is 5.27. The Balaban J connectivity index is 2.07. The van der Waals surface area contributed by atoms with Crippen LogP contribution in [-0.2, 0) is 4.79 Å². The Morgan fingerprint density at radius 2 is 1.26 bits per heavy atom. The molecular formula is C20H25NOS. The number of hydrogen-bond donors (Lipinski definition) is 1. The summed E-state index contributed by atoms with van der Waals surface area (Å²) in [7, 11) is 0. The van der Waals surface area contributed by atoms with Gasteiger partial charge in [0.15, 0.2) is 0 Å². The molecule has 0 saturated carbocycles. The minimum atomic E-state index is 0.0458. The van der Waals surface area contributed by atoms with Gasteiger partial charge in [0.2, 0.25) is 5.91 Å². The number of aryl methyl sites for hydroxylation is 6. The lowest BCUT2D eigenvalue weighted by atomic mass is 10.1. The molecule has 0 aliphatic carbocycles. The Morgan fingerprint density at radius 1 is 0.826 bits per heavy atom. The van der Waals surface area contributed by atoms with Crippen LogP contribution in [0.2, 0.25) is 0 Å². The van der Waals surface area contributed by atoms with E-state index in [-0.39, 0.29) is 5.91 Å². The van der Waals surface area contributed by atoms with E-state index in [4.69, 9.17) is 0 Å². The molecule has 0 bridgehead atoms. The largest absolute Gasteiger partial charge is 0.325 e. The van der Waals surface area contributed by atoms with E-state index in [1.807, 2.05) is 13.8 Å². The predicted molar refractivity (Wildman–Crippen MR) is 101 cm³/mol. The van der Waals surface area contributed by atoms with Gasteiger partial charge in [0.05, 0.1) is 5.75 Å². The first-order valence-corrected chi connectivity index (χ1v) is 8.85. The highest BCUT2D eigenvalue weighted by Crippen LogP contribution is 2.28. The summed E-state index contributed by atoms with van der Waals surface area (Å²) in [5, 5.41) is 3.07. The standard InChI is InChI=1S/C20H25NOS/c1-12-7-14(3)19(15(4)8-12)21-18(22)11-23-20-16(5)9-13(2)10-17(20)6/h7-10H,11H2,1-6H3,(H,21,22). The van der Waals surface area contributed by atoms with E-state index in [2.05, 4.69) is 57.3 Å². The zero-order chi connectivity index (χ0) is 17.1. The van der Waals surface area contributed by atoms with E-state index in [0.29, 0.717) is 5.75 Å². The summed E-state index contributed by atoms with van der Waals surface area (Å²) in [6.45, 7) is 12.5. The van der Waals surface area contributed by atoms with Crippen molar-refractivity contribution in [2.75, 3.05) is 11.1 Å². The Labute approximate surface area is 143 Å². The van der Waals surface area contributed by atoms with Crippen molar-refractivity contribution in [3.63, 3.8) is 0 Å². The second-order valence-electron chi connectivity index (χ2n) is 6.34. The molecule has 0 spiro atoms. The van der Waals surface area contributed by atoms with Crippen LogP contribution < -0.4 is 5.32 Å². The molecule has 0 atom stereocenters. The van der Waals surface area contributed by atoms with Crippen LogP contribution in [0.25, 0.3) is 0 Å². The quantitative estimate of drug-likeness (QED) is 0.775. The summed E-state index contributed by atoms with van der Waals surface area (Å²) in [5.74, 6) is 0.474. The van der Waals surface area contributed by atoms with Crippen molar-refractivity contribution < 1.29 is 4.79 Å². The first kappa shape index (κ1) is 17.6. The minimum Gasteiger partial charge on any atom is -0.325 e. The van der Waals surface area contributed by atoms with Crippen molar-refractivity contribution in [2.24, 2.45) is 0 Å². The second-order valence-corrected chi connectivity index (χ2v) is 7.32. The molecule has 1 N–H and O–H groups in total. The third-order valence-electron chi connectivity index (χ3n) is 3.89. The molecule has 0 saturated heterocycles. The van der Waals surface area contributed by atoms with E-state index >= 15 is 0 Å². The summed E-state index contributed by atoms with van der Waals surface area (Å²) < 4.78 is 0. The SMILES string of the molecule is Cc1cc(C)c(NC(=O)CSc2c(C)cc(C)cc2C)c(C)c1. The van der Waals surface area contributed by atoms with Gasteiger partial charge in [0.1, 0.15) is 0 Å². The maximum Gasteiger partial charge on any atom is 0.234 e. The molecule has 0 aliphatic heterocycles. The second kappa shape index (κ2) is 7.22. The zero-order valence-corrected chi connectivity index (χ0v) is 15.6. The Morgan fingerprint density at radius 3 is 1.74 bits per heavy atom. The number of amides is 1. The molecule has 0 aromatic heterocycles. The van der Waals surface area contributed by atoms with E-state index in [1.165, 1.54) is 27.1 Å². The van der Waals surface area contributed by atoms with Crippen LogP contribution in [0.5, 0.6) is 0 Å². The van der Waals surface area contributed by atoms with Crippen LogP contribution in [-0.4, -0.2) is 11.7 Å². The molecule has 2 aromatic rings. The first-order valence-electron chi connectivity index (χ1n) is 7.86. The van der Waals surface area contributed by atoms with Gasteiger partial charge >= 0.3 is 0 Å². The van der Waals surface area contributed by atoms with Gasteiger partial charge in [-0.2, -0.15) is 0 Å². The third kappa shape index (κ3) is 4.38. The van der Waals surface area contributed by atoms with Crippen molar-refractivity contribution >= 4 is 23.4 Å². The van der Waals surface area contributed by atoms with Gasteiger partial charge in [0.25, 0.3) is 0 Å². The van der Waals surface area contributed by atoms with Gasteiger partial charge in [-0.1, -0.05) is 35.4 Å². The van der Waals surface area contributed by atoms with Crippen LogP contribution >= 0.6 is 11.8 Å². The van der Waals surface area contributed by atoms with Crippen molar-refractivity contribution in [2.45, 2.75) is 46.4 Å². The lowest BCUT2D eigenvalue weighted by Gasteiger charge is -2.14. The van der Waals surface area contributed by atoms with Crippen molar-refractivity contribution in [1.29, 1.82) is 0 Å². The lowest BCUT2D eigenvalue weighted by molar-refractivity contribution is -0.113. The van der Waals surface area contributed by atoms with Crippen LogP contribution in [0.15, 0.2) is 29.2 Å². The number of anilines is 1. The smallest absolute Gasteiger partial charge is 0.234 e. The fourth-order valence-electron chi connectivity index (χ4n) is 3.08. The number of nitrogens with one attached hydrogen (secondary N) is 1. The fraction of sp³-hybridized carbons (Fsp3) is 0.350. The summed E-state index contributed by atoms with van der Waals surface area (Å²) in [4.78, 5) is 13.5. The molecule has 0 heterocycles. The maximum atomic E-state index is 12.3. The third-order valence-corrected chi connectivity index (χ3v) is 5.23. The Hall–Kier alpha value is -1.74. The topological polar surface area (TPSA) is 29.1 Å². The summed E-state index contributed by atoms with van der Waals surface area (Å²) in [6.07, 6.45) is 0. The molecule has 2 aromatic carbocycles. The van der Waals surface area contributed by atoms with Crippen LogP contribution in [0.3, 0.4) is 0 Å². The molecule has 3 heteroatoms. The Bertz CT molecular complexity index is 703. The van der Waals surface area contributed by atoms with Gasteiger partial charge in [-0.25, -0.2) is 0 Å². The zero-order valence-electron chi connectivity index (χ0n) is 14.8. The van der Waals surface area contributed by atoms with Crippen LogP contribution in [0.1, 0.15) is 33.4 Å². The highest BCUT2D eigenvalue weighted by molar-refractivity contribution is 8.00. The van der Waals surface area contributed by atoms with Gasteiger partial charge in [-0.15, -0.1) is 11.8 Å². The normalized spacial score (nSPS) is 10.7. The molecule has 122 valence electrons. The number of thioether (sulfide) groups is 1. The van der Waals surface area contributed by atoms with Crippen molar-refractivity contribution in [3.8, 4) is 0 Å². The monoisotopic (exact) mass is 327 g/mol. The van der Waals surface area contributed by atoms with Gasteiger partial charge in [0, 0.05) is 10.6 Å². The molecule has 1 amide bonds. The highest BCUT2D eigenvalue weighted by atomic mass is 32.2. The van der Waals surface area contributed by atoms with Crippen molar-refractivity contribution in [3.05, 3.63) is 57.6 Å². The summed E-state index contributed by atoms with van der Waals surface area (Å²) in [6, 6.07) is 8.54. The number of benzene rings is 2. The molecule has 0 unspecified atom stereocenters. The van der Waals surface area contributed by atoms with Crippen molar-refractivity contribution in [1.82, 2.24) is 0 Å². The number of carbonyl (C=O) groups excluding carboxylic acids is 1. The van der Waals surface area contributed by atoms with Gasteiger partial charge < -0.3 is 5.32 Å². The van der Waals surface area contributed by atoms with Gasteiger partial charge in [-0.05, 0) is 63.8 Å². The molecule has 2 nitrogen and oxygen atoms in total.